The smallest absolute Gasteiger partial charge is 0.268 e. The Labute approximate surface area is 220 Å². The molecular weight excluding hydrogens is 477 g/mol. The molecule has 1 N–H and O–H groups in total. The molecule has 0 saturated carbocycles. The summed E-state index contributed by atoms with van der Waals surface area (Å²) in [6, 6.07) is 7.54. The molecule has 0 aromatic heterocycles. The van der Waals surface area contributed by atoms with Crippen LogP contribution in [0.15, 0.2) is 24.3 Å². The number of nitrogens with zero attached hydrogens (tertiary/aromatic N) is 1. The Morgan fingerprint density at radius 1 is 0.833 bits per heavy atom. The molecule has 0 radical (unpaired) electrons. The number of rotatable bonds is 23. The SMILES string of the molecule is CCCCCCCCCCCCCCOc1ccc(CC(O)COP(=O)([O-])OCC[N+](C)(C)C)cc1. The first kappa shape index (κ1) is 33.1. The largest absolute Gasteiger partial charge is 0.756 e. The molecular formula is C28H52NO6P. The van der Waals surface area contributed by atoms with E-state index in [0.29, 0.717) is 17.6 Å². The molecule has 0 spiro atoms. The van der Waals surface area contributed by atoms with Crippen molar-refractivity contribution in [2.45, 2.75) is 96.5 Å². The number of phosphoric acid groups is 1. The number of hydrogen-bond donors (Lipinski definition) is 1. The van der Waals surface area contributed by atoms with Gasteiger partial charge in [0, 0.05) is 6.42 Å². The Balaban J connectivity index is 2.09. The maximum atomic E-state index is 11.8. The van der Waals surface area contributed by atoms with Crippen molar-refractivity contribution in [1.82, 2.24) is 0 Å². The summed E-state index contributed by atoms with van der Waals surface area (Å²) in [4.78, 5) is 11.8. The number of unbranched alkanes of at least 4 members (excludes halogenated alkanes) is 11. The van der Waals surface area contributed by atoms with E-state index in [9.17, 15) is 14.6 Å². The fraction of sp³-hybridized carbons (Fsp3) is 0.786. The van der Waals surface area contributed by atoms with Gasteiger partial charge in [0.15, 0.2) is 0 Å². The minimum atomic E-state index is -4.42. The van der Waals surface area contributed by atoms with Crippen LogP contribution in [-0.2, 0) is 20.0 Å². The number of ether oxygens (including phenoxy) is 1. The molecule has 0 amide bonds. The van der Waals surface area contributed by atoms with Crippen molar-refractivity contribution in [1.29, 1.82) is 0 Å². The van der Waals surface area contributed by atoms with Crippen LogP contribution in [0.3, 0.4) is 0 Å². The zero-order valence-corrected chi connectivity index (χ0v) is 24.2. The van der Waals surface area contributed by atoms with Crippen LogP contribution >= 0.6 is 7.82 Å². The molecule has 0 bridgehead atoms. The van der Waals surface area contributed by atoms with Gasteiger partial charge in [-0.1, -0.05) is 89.7 Å². The Hall–Kier alpha value is -0.950. The van der Waals surface area contributed by atoms with Gasteiger partial charge in [-0.15, -0.1) is 0 Å². The molecule has 0 fully saturated rings. The van der Waals surface area contributed by atoms with Crippen molar-refractivity contribution in [2.24, 2.45) is 0 Å². The van der Waals surface area contributed by atoms with E-state index in [1.54, 1.807) is 0 Å². The number of quaternary nitrogens is 1. The van der Waals surface area contributed by atoms with E-state index < -0.39 is 13.9 Å². The number of benzene rings is 1. The lowest BCUT2D eigenvalue weighted by molar-refractivity contribution is -0.870. The molecule has 0 aliphatic heterocycles. The van der Waals surface area contributed by atoms with E-state index in [0.717, 1.165) is 17.7 Å². The molecule has 1 aromatic carbocycles. The topological polar surface area (TPSA) is 88.0 Å². The summed E-state index contributed by atoms with van der Waals surface area (Å²) in [6.45, 7) is 3.22. The van der Waals surface area contributed by atoms with E-state index in [4.69, 9.17) is 13.8 Å². The molecule has 1 aromatic rings. The first-order valence-electron chi connectivity index (χ1n) is 13.9. The van der Waals surface area contributed by atoms with E-state index in [-0.39, 0.29) is 19.6 Å². The standard InChI is InChI=1S/C28H52NO6P/c1-5-6-7-8-9-10-11-12-13-14-15-16-22-33-28-19-17-26(18-20-28)24-27(30)25-35-36(31,32)34-23-21-29(2,3)4/h17-20,27,30H,5-16,21-25H2,1-4H3. The molecule has 2 atom stereocenters. The van der Waals surface area contributed by atoms with Crippen molar-refractivity contribution in [3.63, 3.8) is 0 Å². The van der Waals surface area contributed by atoms with Crippen LogP contribution in [0.5, 0.6) is 5.75 Å². The van der Waals surface area contributed by atoms with Crippen LogP contribution in [-0.4, -0.2) is 63.2 Å². The van der Waals surface area contributed by atoms with Crippen molar-refractivity contribution in [3.05, 3.63) is 29.8 Å². The third kappa shape index (κ3) is 19.2. The fourth-order valence-corrected chi connectivity index (χ4v) is 4.56. The summed E-state index contributed by atoms with van der Waals surface area (Å²) in [6.07, 6.45) is 15.2. The molecule has 7 nitrogen and oxygen atoms in total. The summed E-state index contributed by atoms with van der Waals surface area (Å²) in [5, 5.41) is 10.2. The van der Waals surface area contributed by atoms with Crippen molar-refractivity contribution >= 4 is 7.82 Å². The monoisotopic (exact) mass is 529 g/mol. The number of aliphatic hydroxyl groups is 1. The lowest BCUT2D eigenvalue weighted by Gasteiger charge is -2.27. The second-order valence-corrected chi connectivity index (χ2v) is 12.2. The minimum absolute atomic E-state index is 0.0427. The van der Waals surface area contributed by atoms with Crippen LogP contribution in [0.25, 0.3) is 0 Å². The van der Waals surface area contributed by atoms with Gasteiger partial charge in [-0.25, -0.2) is 0 Å². The summed E-state index contributed by atoms with van der Waals surface area (Å²) in [5.41, 5.74) is 0.885. The first-order valence-corrected chi connectivity index (χ1v) is 15.4. The van der Waals surface area contributed by atoms with Crippen molar-refractivity contribution in [2.75, 3.05) is 47.5 Å². The predicted molar refractivity (Wildman–Crippen MR) is 145 cm³/mol. The molecule has 2 unspecified atom stereocenters. The Morgan fingerprint density at radius 3 is 1.89 bits per heavy atom. The van der Waals surface area contributed by atoms with Gasteiger partial charge in [0.05, 0.1) is 40.5 Å². The second kappa shape index (κ2) is 19.2. The summed E-state index contributed by atoms with van der Waals surface area (Å²) in [5.74, 6) is 0.808. The molecule has 0 saturated heterocycles. The molecule has 0 aliphatic rings. The quantitative estimate of drug-likeness (QED) is 0.108. The highest BCUT2D eigenvalue weighted by Crippen LogP contribution is 2.38. The van der Waals surface area contributed by atoms with Crippen LogP contribution in [0, 0.1) is 0 Å². The Bertz CT molecular complexity index is 707. The van der Waals surface area contributed by atoms with Crippen molar-refractivity contribution in [3.8, 4) is 5.75 Å². The van der Waals surface area contributed by atoms with E-state index in [2.05, 4.69) is 6.92 Å². The van der Waals surface area contributed by atoms with Gasteiger partial charge in [-0.3, -0.25) is 4.57 Å². The van der Waals surface area contributed by atoms with E-state index >= 15 is 0 Å². The third-order valence-corrected chi connectivity index (χ3v) is 7.06. The average Bonchev–Trinajstić information content (AvgIpc) is 2.81. The normalized spacial score (nSPS) is 14.5. The summed E-state index contributed by atoms with van der Waals surface area (Å²) >= 11 is 0. The summed E-state index contributed by atoms with van der Waals surface area (Å²) in [7, 11) is 1.41. The van der Waals surface area contributed by atoms with Crippen LogP contribution in [0.2, 0.25) is 0 Å². The number of phosphoric ester groups is 1. The van der Waals surface area contributed by atoms with Gasteiger partial charge in [0.25, 0.3) is 7.82 Å². The maximum absolute atomic E-state index is 11.8. The highest BCUT2D eigenvalue weighted by molar-refractivity contribution is 7.45. The van der Waals surface area contributed by atoms with Gasteiger partial charge in [0.2, 0.25) is 0 Å². The highest BCUT2D eigenvalue weighted by Gasteiger charge is 2.16. The Kier molecular flexibility index (Phi) is 17.6. The summed E-state index contributed by atoms with van der Waals surface area (Å²) < 4.78 is 27.9. The maximum Gasteiger partial charge on any atom is 0.268 e. The first-order chi connectivity index (χ1) is 17.1. The lowest BCUT2D eigenvalue weighted by Crippen LogP contribution is -2.37. The Morgan fingerprint density at radius 2 is 1.36 bits per heavy atom. The number of aliphatic hydroxyl groups excluding tert-OH is 1. The van der Waals surface area contributed by atoms with Gasteiger partial charge < -0.3 is 28.3 Å². The molecule has 1 rings (SSSR count). The zero-order chi connectivity index (χ0) is 26.7. The predicted octanol–water partition coefficient (Wildman–Crippen LogP) is 5.88. The molecule has 210 valence electrons. The van der Waals surface area contributed by atoms with Gasteiger partial charge in [-0.05, 0) is 24.1 Å². The second-order valence-electron chi connectivity index (χ2n) is 10.8. The van der Waals surface area contributed by atoms with Gasteiger partial charge >= 0.3 is 0 Å². The minimum Gasteiger partial charge on any atom is -0.756 e. The van der Waals surface area contributed by atoms with Crippen LogP contribution in [0.4, 0.5) is 0 Å². The lowest BCUT2D eigenvalue weighted by atomic mass is 10.1. The van der Waals surface area contributed by atoms with Crippen LogP contribution < -0.4 is 9.63 Å². The average molecular weight is 530 g/mol. The number of hydrogen-bond acceptors (Lipinski definition) is 6. The zero-order valence-electron chi connectivity index (χ0n) is 23.3. The molecule has 0 aliphatic carbocycles. The molecule has 36 heavy (non-hydrogen) atoms. The highest BCUT2D eigenvalue weighted by atomic mass is 31.2. The fourth-order valence-electron chi connectivity index (χ4n) is 3.83. The third-order valence-electron chi connectivity index (χ3n) is 6.10. The number of likely N-dealkylation sites (N-methyl/N-ethyl adjacent to an activating group) is 1. The van der Waals surface area contributed by atoms with Crippen molar-refractivity contribution < 1.29 is 32.8 Å². The molecule has 0 heterocycles. The van der Waals surface area contributed by atoms with E-state index in [1.807, 2.05) is 45.4 Å². The van der Waals surface area contributed by atoms with E-state index in [1.165, 1.54) is 70.6 Å². The van der Waals surface area contributed by atoms with Gasteiger partial charge in [-0.2, -0.15) is 0 Å². The molecule has 8 heteroatoms. The van der Waals surface area contributed by atoms with Crippen LogP contribution in [0.1, 0.15) is 89.5 Å². The van der Waals surface area contributed by atoms with Gasteiger partial charge in [0.1, 0.15) is 18.9 Å².